The van der Waals surface area contributed by atoms with Crippen LogP contribution in [-0.4, -0.2) is 12.0 Å². The first-order chi connectivity index (χ1) is 8.61. The predicted molar refractivity (Wildman–Crippen MR) is 71.3 cm³/mol. The van der Waals surface area contributed by atoms with Gasteiger partial charge in [0.2, 0.25) is 0 Å². The molecule has 0 fully saturated rings. The van der Waals surface area contributed by atoms with Crippen LogP contribution < -0.4 is 10.6 Å². The minimum atomic E-state index is -0.364. The summed E-state index contributed by atoms with van der Waals surface area (Å²) in [6.45, 7) is 2.29. The van der Waals surface area contributed by atoms with E-state index in [1.165, 1.54) is 17.8 Å². The Bertz CT molecular complexity index is 537. The van der Waals surface area contributed by atoms with Gasteiger partial charge in [-0.15, -0.1) is 0 Å². The maximum absolute atomic E-state index is 13.1. The molecule has 0 bridgehead atoms. The van der Waals surface area contributed by atoms with Gasteiger partial charge in [-0.3, -0.25) is 0 Å². The fraction of sp³-hybridized carbons (Fsp3) is 0.214. The van der Waals surface area contributed by atoms with E-state index >= 15 is 0 Å². The van der Waals surface area contributed by atoms with Crippen molar-refractivity contribution in [3.05, 3.63) is 53.5 Å². The van der Waals surface area contributed by atoms with Gasteiger partial charge in [-0.05, 0) is 25.1 Å². The summed E-state index contributed by atoms with van der Waals surface area (Å²) in [7, 11) is 1.89. The number of halogens is 1. The van der Waals surface area contributed by atoms with Gasteiger partial charge in [0, 0.05) is 24.8 Å². The number of rotatable bonds is 3. The normalized spacial score (nSPS) is 10.4. The summed E-state index contributed by atoms with van der Waals surface area (Å²) in [5.74, 6) is 0.319. The highest BCUT2D eigenvalue weighted by atomic mass is 19.1. The zero-order valence-corrected chi connectivity index (χ0v) is 10.5. The molecule has 0 unspecified atom stereocenters. The molecule has 0 saturated heterocycles. The third-order valence-electron chi connectivity index (χ3n) is 2.87. The van der Waals surface area contributed by atoms with E-state index in [0.29, 0.717) is 11.4 Å². The number of aromatic nitrogens is 1. The molecule has 0 amide bonds. The number of benzene rings is 1. The molecule has 1 aromatic carbocycles. The first-order valence-corrected chi connectivity index (χ1v) is 5.76. The van der Waals surface area contributed by atoms with Gasteiger partial charge in [0.1, 0.15) is 11.6 Å². The van der Waals surface area contributed by atoms with Gasteiger partial charge in [0.15, 0.2) is 0 Å². The van der Waals surface area contributed by atoms with Gasteiger partial charge < -0.3 is 10.6 Å². The average Bonchev–Trinajstić information content (AvgIpc) is 2.38. The van der Waals surface area contributed by atoms with Crippen molar-refractivity contribution in [2.75, 3.05) is 11.9 Å². The lowest BCUT2D eigenvalue weighted by Crippen LogP contribution is -2.15. The molecule has 0 aliphatic rings. The minimum Gasteiger partial charge on any atom is -0.329 e. The molecule has 2 aromatic rings. The van der Waals surface area contributed by atoms with Crippen molar-refractivity contribution in [3.63, 3.8) is 0 Å². The predicted octanol–water partition coefficient (Wildman–Crippen LogP) is 2.76. The summed E-state index contributed by atoms with van der Waals surface area (Å²) in [5, 5.41) is 0. The van der Waals surface area contributed by atoms with E-state index in [0.717, 1.165) is 5.69 Å². The molecule has 0 saturated carbocycles. The molecule has 1 heterocycles. The molecular weight excluding hydrogens is 229 g/mol. The van der Waals surface area contributed by atoms with Crippen LogP contribution in [0.15, 0.2) is 36.5 Å². The second kappa shape index (κ2) is 5.14. The molecule has 0 spiro atoms. The van der Waals surface area contributed by atoms with Crippen molar-refractivity contribution in [2.45, 2.75) is 13.5 Å². The Kier molecular flexibility index (Phi) is 3.58. The lowest BCUT2D eigenvalue weighted by atomic mass is 10.2. The third kappa shape index (κ3) is 2.49. The van der Waals surface area contributed by atoms with Crippen LogP contribution in [0.2, 0.25) is 0 Å². The molecule has 0 aliphatic carbocycles. The number of anilines is 2. The number of nitrogens with zero attached hydrogens (tertiary/aromatic N) is 2. The number of hydrogen-bond acceptors (Lipinski definition) is 3. The zero-order valence-electron chi connectivity index (χ0n) is 10.5. The lowest BCUT2D eigenvalue weighted by molar-refractivity contribution is 0.618. The first kappa shape index (κ1) is 12.5. The van der Waals surface area contributed by atoms with Crippen LogP contribution in [0.25, 0.3) is 0 Å². The van der Waals surface area contributed by atoms with Crippen LogP contribution in [0.4, 0.5) is 15.9 Å². The van der Waals surface area contributed by atoms with Gasteiger partial charge in [-0.1, -0.05) is 17.7 Å². The van der Waals surface area contributed by atoms with Gasteiger partial charge in [-0.2, -0.15) is 0 Å². The molecule has 1 aromatic heterocycles. The molecule has 3 nitrogen and oxygen atoms in total. The summed E-state index contributed by atoms with van der Waals surface area (Å²) in [6.07, 6.45) is 1.21. The highest BCUT2D eigenvalue weighted by molar-refractivity contribution is 5.62. The number of pyridine rings is 1. The maximum atomic E-state index is 13.1. The molecule has 0 radical (unpaired) electrons. The number of nitrogens with two attached hydrogens (primary N) is 1. The van der Waals surface area contributed by atoms with Crippen molar-refractivity contribution in [1.29, 1.82) is 0 Å². The fourth-order valence-corrected chi connectivity index (χ4v) is 1.82. The summed E-state index contributed by atoms with van der Waals surface area (Å²) in [6, 6.07) is 9.48. The number of aryl methyl sites for hydroxylation is 1. The van der Waals surface area contributed by atoms with E-state index in [1.807, 2.05) is 43.1 Å². The van der Waals surface area contributed by atoms with Crippen LogP contribution in [0.3, 0.4) is 0 Å². The Morgan fingerprint density at radius 1 is 1.28 bits per heavy atom. The summed E-state index contributed by atoms with van der Waals surface area (Å²) < 4.78 is 13.1. The van der Waals surface area contributed by atoms with Gasteiger partial charge in [0.05, 0.1) is 6.20 Å². The van der Waals surface area contributed by atoms with Crippen LogP contribution in [0.5, 0.6) is 0 Å². The van der Waals surface area contributed by atoms with Crippen LogP contribution in [0.1, 0.15) is 11.1 Å². The van der Waals surface area contributed by atoms with Crippen molar-refractivity contribution in [3.8, 4) is 0 Å². The molecule has 94 valence electrons. The van der Waals surface area contributed by atoms with E-state index in [4.69, 9.17) is 5.73 Å². The van der Waals surface area contributed by atoms with Gasteiger partial charge >= 0.3 is 0 Å². The maximum Gasteiger partial charge on any atom is 0.141 e. The minimum absolute atomic E-state index is 0.260. The second-order valence-corrected chi connectivity index (χ2v) is 4.23. The molecule has 0 atom stereocenters. The van der Waals surface area contributed by atoms with E-state index < -0.39 is 0 Å². The standard InChI is InChI=1S/C14H16FN3/c1-10-3-5-13(6-4-10)18(2)14-11(8-16)7-12(15)9-17-14/h3-7,9H,8,16H2,1-2H3. The topological polar surface area (TPSA) is 42.2 Å². The van der Waals surface area contributed by atoms with E-state index in [9.17, 15) is 4.39 Å². The largest absolute Gasteiger partial charge is 0.329 e. The monoisotopic (exact) mass is 245 g/mol. The highest BCUT2D eigenvalue weighted by Gasteiger charge is 2.10. The molecule has 2 rings (SSSR count). The fourth-order valence-electron chi connectivity index (χ4n) is 1.82. The SMILES string of the molecule is Cc1ccc(N(C)c2ncc(F)cc2CN)cc1. The molecular formula is C14H16FN3. The van der Waals surface area contributed by atoms with Crippen LogP contribution >= 0.6 is 0 Å². The first-order valence-electron chi connectivity index (χ1n) is 5.76. The van der Waals surface area contributed by atoms with E-state index in [2.05, 4.69) is 4.98 Å². The van der Waals surface area contributed by atoms with Crippen molar-refractivity contribution >= 4 is 11.5 Å². The molecule has 0 aliphatic heterocycles. The van der Waals surface area contributed by atoms with Crippen molar-refractivity contribution < 1.29 is 4.39 Å². The Labute approximate surface area is 106 Å². The van der Waals surface area contributed by atoms with Crippen molar-refractivity contribution in [2.24, 2.45) is 5.73 Å². The molecule has 2 N–H and O–H groups in total. The smallest absolute Gasteiger partial charge is 0.141 e. The van der Waals surface area contributed by atoms with Crippen LogP contribution in [0, 0.1) is 12.7 Å². The Balaban J connectivity index is 2.39. The average molecular weight is 245 g/mol. The van der Waals surface area contributed by atoms with Crippen LogP contribution in [-0.2, 0) is 6.54 Å². The highest BCUT2D eigenvalue weighted by Crippen LogP contribution is 2.25. The lowest BCUT2D eigenvalue weighted by Gasteiger charge is -2.21. The van der Waals surface area contributed by atoms with Gasteiger partial charge in [0.25, 0.3) is 0 Å². The van der Waals surface area contributed by atoms with E-state index in [1.54, 1.807) is 0 Å². The number of hydrogen-bond donors (Lipinski definition) is 1. The quantitative estimate of drug-likeness (QED) is 0.904. The van der Waals surface area contributed by atoms with Crippen molar-refractivity contribution in [1.82, 2.24) is 4.98 Å². The zero-order chi connectivity index (χ0) is 13.1. The second-order valence-electron chi connectivity index (χ2n) is 4.23. The Morgan fingerprint density at radius 2 is 1.94 bits per heavy atom. The Hall–Kier alpha value is -1.94. The summed E-state index contributed by atoms with van der Waals surface area (Å²) >= 11 is 0. The van der Waals surface area contributed by atoms with Gasteiger partial charge in [-0.25, -0.2) is 9.37 Å². The summed E-state index contributed by atoms with van der Waals surface area (Å²) in [4.78, 5) is 6.02. The molecule has 4 heteroatoms. The summed E-state index contributed by atoms with van der Waals surface area (Å²) in [5.41, 5.74) is 8.51. The molecule has 18 heavy (non-hydrogen) atoms. The Morgan fingerprint density at radius 3 is 2.56 bits per heavy atom. The van der Waals surface area contributed by atoms with E-state index in [-0.39, 0.29) is 12.4 Å². The third-order valence-corrected chi connectivity index (χ3v) is 2.87.